The number of hydrogen-bond acceptors (Lipinski definition) is 6. The zero-order valence-corrected chi connectivity index (χ0v) is 22.8. The first kappa shape index (κ1) is 26.1. The molecule has 0 saturated heterocycles. The van der Waals surface area contributed by atoms with Gasteiger partial charge in [-0.3, -0.25) is 10.1 Å². The standard InChI is InChI=1S/C28H47N5O3/c1-6-18-22-14-17(34)9-11-28(22,5)21-10-12-27(4)19(7-8-20(27)23(21)24(18)35)15(2)13-16(3)25(36)29-26-30-32-33-31-26/h15-24,34-35H,6-14H2,1-5H3,(H2,29,30,31,32,33,36)/t15-,16+,17-,18-,19-,20?,21?,22+,23?,24?,27-,28-/m1/s1. The molecule has 4 saturated carbocycles. The summed E-state index contributed by atoms with van der Waals surface area (Å²) in [5.74, 6) is 3.22. The van der Waals surface area contributed by atoms with E-state index in [1.54, 1.807) is 0 Å². The summed E-state index contributed by atoms with van der Waals surface area (Å²) in [6, 6.07) is 0. The molecule has 8 heteroatoms. The topological polar surface area (TPSA) is 124 Å². The van der Waals surface area contributed by atoms with E-state index in [1.807, 2.05) is 6.92 Å². The average Bonchev–Trinajstić information content (AvgIpc) is 3.47. The van der Waals surface area contributed by atoms with E-state index in [2.05, 4.69) is 53.6 Å². The largest absolute Gasteiger partial charge is 0.393 e. The Kier molecular flexibility index (Phi) is 6.99. The number of carbonyl (C=O) groups excluding carboxylic acids is 1. The van der Waals surface area contributed by atoms with Gasteiger partial charge in [-0.2, -0.15) is 5.21 Å². The average molecular weight is 502 g/mol. The highest BCUT2D eigenvalue weighted by atomic mass is 16.3. The van der Waals surface area contributed by atoms with Crippen LogP contribution in [-0.4, -0.2) is 49.0 Å². The number of rotatable bonds is 6. The molecule has 4 N–H and O–H groups in total. The van der Waals surface area contributed by atoms with Crippen molar-refractivity contribution in [3.05, 3.63) is 0 Å². The third-order valence-electron chi connectivity index (χ3n) is 11.9. The summed E-state index contributed by atoms with van der Waals surface area (Å²) in [5.41, 5.74) is 0.442. The van der Waals surface area contributed by atoms with Gasteiger partial charge in [-0.05, 0) is 109 Å². The maximum Gasteiger partial charge on any atom is 0.269 e. The summed E-state index contributed by atoms with van der Waals surface area (Å²) < 4.78 is 0. The molecule has 1 amide bonds. The Labute approximate surface area is 215 Å². The van der Waals surface area contributed by atoms with E-state index in [1.165, 1.54) is 25.7 Å². The number of hydrogen-bond donors (Lipinski definition) is 4. The number of aromatic nitrogens is 4. The quantitative estimate of drug-likeness (QED) is 0.457. The number of aliphatic hydroxyl groups excluding tert-OH is 2. The molecule has 0 bridgehead atoms. The lowest BCUT2D eigenvalue weighted by Gasteiger charge is -2.64. The van der Waals surface area contributed by atoms with Crippen molar-refractivity contribution in [1.82, 2.24) is 20.6 Å². The van der Waals surface area contributed by atoms with E-state index < -0.39 is 0 Å². The Hall–Kier alpha value is -1.54. The summed E-state index contributed by atoms with van der Waals surface area (Å²) >= 11 is 0. The maximum atomic E-state index is 12.7. The monoisotopic (exact) mass is 501 g/mol. The van der Waals surface area contributed by atoms with Gasteiger partial charge in [0, 0.05) is 5.92 Å². The van der Waals surface area contributed by atoms with Gasteiger partial charge in [0.05, 0.1) is 12.2 Å². The zero-order chi connectivity index (χ0) is 25.8. The number of fused-ring (bicyclic) bond motifs is 5. The molecule has 1 aromatic rings. The molecule has 4 unspecified atom stereocenters. The van der Waals surface area contributed by atoms with Crippen LogP contribution < -0.4 is 5.32 Å². The molecule has 8 nitrogen and oxygen atoms in total. The molecular weight excluding hydrogens is 454 g/mol. The van der Waals surface area contributed by atoms with Gasteiger partial charge in [-0.25, -0.2) is 0 Å². The zero-order valence-electron chi connectivity index (χ0n) is 22.8. The van der Waals surface area contributed by atoms with Crippen LogP contribution in [0, 0.1) is 58.2 Å². The van der Waals surface area contributed by atoms with E-state index in [9.17, 15) is 15.0 Å². The predicted octanol–water partition coefficient (Wildman–Crippen LogP) is 4.43. The number of carbonyl (C=O) groups is 1. The summed E-state index contributed by atoms with van der Waals surface area (Å²) in [5, 5.41) is 38.7. The number of anilines is 1. The van der Waals surface area contributed by atoms with Crippen molar-refractivity contribution in [2.24, 2.45) is 58.2 Å². The van der Waals surface area contributed by atoms with Gasteiger partial charge in [0.15, 0.2) is 0 Å². The van der Waals surface area contributed by atoms with E-state index >= 15 is 0 Å². The molecule has 4 fully saturated rings. The summed E-state index contributed by atoms with van der Waals surface area (Å²) in [6.45, 7) is 11.6. The molecule has 202 valence electrons. The molecule has 36 heavy (non-hydrogen) atoms. The lowest BCUT2D eigenvalue weighted by atomic mass is 9.41. The maximum absolute atomic E-state index is 12.7. The Balaban J connectivity index is 1.32. The minimum absolute atomic E-state index is 0.0569. The fourth-order valence-corrected chi connectivity index (χ4v) is 10.2. The van der Waals surface area contributed by atoms with Crippen molar-refractivity contribution in [3.63, 3.8) is 0 Å². The van der Waals surface area contributed by atoms with Crippen LogP contribution >= 0.6 is 0 Å². The van der Waals surface area contributed by atoms with Crippen LogP contribution in [0.5, 0.6) is 0 Å². The molecule has 0 aromatic carbocycles. The Morgan fingerprint density at radius 2 is 1.81 bits per heavy atom. The van der Waals surface area contributed by atoms with Crippen LogP contribution in [0.15, 0.2) is 0 Å². The van der Waals surface area contributed by atoms with Gasteiger partial charge in [-0.1, -0.05) is 46.1 Å². The van der Waals surface area contributed by atoms with Gasteiger partial charge in [0.1, 0.15) is 0 Å². The predicted molar refractivity (Wildman–Crippen MR) is 138 cm³/mol. The smallest absolute Gasteiger partial charge is 0.269 e. The van der Waals surface area contributed by atoms with E-state index in [4.69, 9.17) is 0 Å². The molecule has 5 rings (SSSR count). The van der Waals surface area contributed by atoms with Crippen molar-refractivity contribution in [1.29, 1.82) is 0 Å². The minimum Gasteiger partial charge on any atom is -0.393 e. The van der Waals surface area contributed by atoms with Crippen LogP contribution in [0.25, 0.3) is 0 Å². The fraction of sp³-hybridized carbons (Fsp3) is 0.929. The lowest BCUT2D eigenvalue weighted by molar-refractivity contribution is -0.203. The van der Waals surface area contributed by atoms with Crippen LogP contribution in [0.1, 0.15) is 92.4 Å². The molecule has 0 radical (unpaired) electrons. The van der Waals surface area contributed by atoms with Gasteiger partial charge in [0.25, 0.3) is 5.95 Å². The molecule has 0 spiro atoms. The van der Waals surface area contributed by atoms with E-state index in [0.29, 0.717) is 41.4 Å². The molecule has 1 heterocycles. The Morgan fingerprint density at radius 1 is 1.08 bits per heavy atom. The van der Waals surface area contributed by atoms with E-state index in [-0.39, 0.29) is 40.8 Å². The van der Waals surface area contributed by atoms with Crippen LogP contribution in [-0.2, 0) is 4.79 Å². The highest BCUT2D eigenvalue weighted by Crippen LogP contribution is 2.69. The van der Waals surface area contributed by atoms with Crippen LogP contribution in [0.2, 0.25) is 0 Å². The fourth-order valence-electron chi connectivity index (χ4n) is 10.2. The highest BCUT2D eigenvalue weighted by Gasteiger charge is 2.64. The second-order valence-corrected chi connectivity index (χ2v) is 13.5. The number of tetrazole rings is 1. The third-order valence-corrected chi connectivity index (χ3v) is 11.9. The number of aliphatic hydroxyl groups is 2. The second kappa shape index (κ2) is 9.64. The highest BCUT2D eigenvalue weighted by molar-refractivity contribution is 5.90. The first-order valence-corrected chi connectivity index (χ1v) is 14.5. The molecule has 12 atom stereocenters. The summed E-state index contributed by atoms with van der Waals surface area (Å²) in [4.78, 5) is 12.7. The number of nitrogens with zero attached hydrogens (tertiary/aromatic N) is 3. The molecule has 0 aliphatic heterocycles. The Morgan fingerprint density at radius 3 is 2.50 bits per heavy atom. The summed E-state index contributed by atoms with van der Waals surface area (Å²) in [6.07, 6.45) is 9.01. The van der Waals surface area contributed by atoms with Crippen molar-refractivity contribution in [3.8, 4) is 0 Å². The van der Waals surface area contributed by atoms with Gasteiger partial charge < -0.3 is 10.2 Å². The number of nitrogens with one attached hydrogen (secondary N) is 2. The van der Waals surface area contributed by atoms with Gasteiger partial charge >= 0.3 is 0 Å². The number of aromatic amines is 1. The number of H-pyrrole nitrogens is 1. The first-order valence-electron chi connectivity index (χ1n) is 14.5. The van der Waals surface area contributed by atoms with Crippen LogP contribution in [0.4, 0.5) is 5.95 Å². The molecule has 4 aliphatic rings. The van der Waals surface area contributed by atoms with Gasteiger partial charge in [-0.15, -0.1) is 5.10 Å². The molecule has 1 aromatic heterocycles. The lowest BCUT2D eigenvalue weighted by Crippen LogP contribution is -2.62. The normalized spacial score (nSPS) is 45.8. The molecular formula is C28H47N5O3. The van der Waals surface area contributed by atoms with Gasteiger partial charge in [0.2, 0.25) is 5.91 Å². The number of amides is 1. The van der Waals surface area contributed by atoms with Crippen molar-refractivity contribution in [2.75, 3.05) is 5.32 Å². The van der Waals surface area contributed by atoms with Crippen LogP contribution in [0.3, 0.4) is 0 Å². The molecule has 4 aliphatic carbocycles. The second-order valence-electron chi connectivity index (χ2n) is 13.5. The van der Waals surface area contributed by atoms with Crippen molar-refractivity contribution in [2.45, 2.75) is 105 Å². The first-order chi connectivity index (χ1) is 17.1. The van der Waals surface area contributed by atoms with Crippen molar-refractivity contribution >= 4 is 11.9 Å². The minimum atomic E-state index is -0.262. The summed E-state index contributed by atoms with van der Waals surface area (Å²) in [7, 11) is 0. The van der Waals surface area contributed by atoms with E-state index in [0.717, 1.165) is 32.1 Å². The Bertz CT molecular complexity index is 926. The SMILES string of the molecule is CC[C@H]1C(O)C2C3CC[C@H]([C@H](C)C[C@H](C)C(=O)Nc4nn[nH]n4)[C@@]3(C)CCC2[C@@]2(C)CC[C@@H](O)C[C@@H]12. The van der Waals surface area contributed by atoms with Crippen molar-refractivity contribution < 1.29 is 15.0 Å². The third kappa shape index (κ3) is 4.11.